The zero-order valence-corrected chi connectivity index (χ0v) is 16.8. The van der Waals surface area contributed by atoms with Crippen LogP contribution in [-0.4, -0.2) is 37.9 Å². The molecule has 1 saturated carbocycles. The highest BCUT2D eigenvalue weighted by atomic mass is 32.1. The molecule has 150 valence electrons. The lowest BCUT2D eigenvalue weighted by Crippen LogP contribution is -2.24. The summed E-state index contributed by atoms with van der Waals surface area (Å²) >= 11 is 1.72. The van der Waals surface area contributed by atoms with E-state index in [-0.39, 0.29) is 12.3 Å². The molecule has 8 nitrogen and oxygen atoms in total. The Bertz CT molecular complexity index is 1110. The van der Waals surface area contributed by atoms with E-state index in [2.05, 4.69) is 39.4 Å². The molecule has 9 heteroatoms. The van der Waals surface area contributed by atoms with Crippen LogP contribution in [0.2, 0.25) is 0 Å². The highest BCUT2D eigenvalue weighted by Crippen LogP contribution is 2.28. The maximum absolute atomic E-state index is 12.0. The Balaban J connectivity index is 1.49. The minimum Gasteiger partial charge on any atom is -0.373 e. The first-order valence-electron chi connectivity index (χ1n) is 9.68. The van der Waals surface area contributed by atoms with Gasteiger partial charge >= 0.3 is 0 Å². The van der Waals surface area contributed by atoms with Gasteiger partial charge in [0.25, 0.3) is 0 Å². The lowest BCUT2D eigenvalue weighted by atomic mass is 10.1. The van der Waals surface area contributed by atoms with Gasteiger partial charge in [0, 0.05) is 34.5 Å². The second-order valence-electron chi connectivity index (χ2n) is 7.59. The molecular weight excluding hydrogens is 388 g/mol. The van der Waals surface area contributed by atoms with Crippen LogP contribution in [0.3, 0.4) is 0 Å². The first-order valence-corrected chi connectivity index (χ1v) is 10.6. The number of aromatic nitrogens is 3. The first kappa shape index (κ1) is 18.1. The van der Waals surface area contributed by atoms with Crippen molar-refractivity contribution in [1.29, 1.82) is 0 Å². The van der Waals surface area contributed by atoms with Crippen LogP contribution in [0.25, 0.3) is 11.7 Å². The molecule has 3 aromatic rings. The fraction of sp³-hybridized carbons (Fsp3) is 0.350. The van der Waals surface area contributed by atoms with Gasteiger partial charge in [-0.3, -0.25) is 4.79 Å². The normalized spacial score (nSPS) is 20.4. The number of aliphatic hydroxyl groups is 1. The second-order valence-corrected chi connectivity index (χ2v) is 8.58. The monoisotopic (exact) mass is 410 g/mol. The summed E-state index contributed by atoms with van der Waals surface area (Å²) in [4.78, 5) is 18.0. The number of aliphatic hydroxyl groups excluding tert-OH is 1. The van der Waals surface area contributed by atoms with E-state index >= 15 is 0 Å². The van der Waals surface area contributed by atoms with Crippen LogP contribution < -0.4 is 16.0 Å². The summed E-state index contributed by atoms with van der Waals surface area (Å²) in [5.74, 6) is 1.38. The summed E-state index contributed by atoms with van der Waals surface area (Å²) < 4.78 is 1.77. The third kappa shape index (κ3) is 3.83. The molecule has 4 heterocycles. The van der Waals surface area contributed by atoms with Crippen molar-refractivity contribution in [2.24, 2.45) is 0 Å². The van der Waals surface area contributed by atoms with Crippen molar-refractivity contribution in [2.45, 2.75) is 45.0 Å². The molecule has 1 aliphatic carbocycles. The van der Waals surface area contributed by atoms with E-state index < -0.39 is 6.23 Å². The molecule has 2 fully saturated rings. The van der Waals surface area contributed by atoms with Crippen molar-refractivity contribution < 1.29 is 9.90 Å². The van der Waals surface area contributed by atoms with E-state index in [1.54, 1.807) is 28.1 Å². The van der Waals surface area contributed by atoms with Gasteiger partial charge in [0.2, 0.25) is 5.91 Å². The van der Waals surface area contributed by atoms with Crippen LogP contribution in [0.15, 0.2) is 29.3 Å². The van der Waals surface area contributed by atoms with Crippen molar-refractivity contribution in [3.63, 3.8) is 0 Å². The van der Waals surface area contributed by atoms with Gasteiger partial charge in [0.1, 0.15) is 17.9 Å². The number of nitrogens with one attached hydrogen (secondary N) is 3. The first-order chi connectivity index (χ1) is 14.0. The van der Waals surface area contributed by atoms with E-state index in [1.807, 2.05) is 6.07 Å². The number of aryl methyl sites for hydroxylation is 1. The fourth-order valence-electron chi connectivity index (χ4n) is 3.38. The van der Waals surface area contributed by atoms with Crippen LogP contribution in [0, 0.1) is 6.92 Å². The SMILES string of the molecule is Cc1csc(CNc2cc(NC3CC3)n3ncc(/C=C4\CC(O)NC4=O)c3n2)c1. The summed E-state index contributed by atoms with van der Waals surface area (Å²) in [6.07, 6.45) is 5.21. The van der Waals surface area contributed by atoms with Gasteiger partial charge in [-0.05, 0) is 42.9 Å². The van der Waals surface area contributed by atoms with Gasteiger partial charge in [0.15, 0.2) is 5.65 Å². The number of thiophene rings is 1. The largest absolute Gasteiger partial charge is 0.373 e. The minimum absolute atomic E-state index is 0.254. The zero-order chi connectivity index (χ0) is 20.0. The smallest absolute Gasteiger partial charge is 0.249 e. The summed E-state index contributed by atoms with van der Waals surface area (Å²) in [5, 5.41) is 25.7. The molecule has 2 aliphatic rings. The quantitative estimate of drug-likeness (QED) is 0.466. The Morgan fingerprint density at radius 1 is 1.41 bits per heavy atom. The zero-order valence-electron chi connectivity index (χ0n) is 16.0. The molecule has 3 aromatic heterocycles. The fourth-order valence-corrected chi connectivity index (χ4v) is 4.20. The number of rotatable bonds is 6. The van der Waals surface area contributed by atoms with E-state index in [4.69, 9.17) is 4.98 Å². The number of hydrogen-bond acceptors (Lipinski definition) is 7. The molecule has 1 aliphatic heterocycles. The number of hydrogen-bond donors (Lipinski definition) is 4. The maximum Gasteiger partial charge on any atom is 0.249 e. The Hall–Kier alpha value is -2.91. The number of carbonyl (C=O) groups excluding carboxylic acids is 1. The summed E-state index contributed by atoms with van der Waals surface area (Å²) in [5.41, 5.74) is 3.20. The lowest BCUT2D eigenvalue weighted by molar-refractivity contribution is -0.117. The third-order valence-electron chi connectivity index (χ3n) is 4.99. The summed E-state index contributed by atoms with van der Waals surface area (Å²) in [6.45, 7) is 2.79. The molecule has 0 spiro atoms. The maximum atomic E-state index is 12.0. The third-order valence-corrected chi connectivity index (χ3v) is 6.04. The number of fused-ring (bicyclic) bond motifs is 1. The van der Waals surface area contributed by atoms with Crippen molar-refractivity contribution >= 4 is 40.6 Å². The van der Waals surface area contributed by atoms with Gasteiger partial charge in [0.05, 0.1) is 12.7 Å². The predicted molar refractivity (Wildman–Crippen MR) is 113 cm³/mol. The van der Waals surface area contributed by atoms with Crippen LogP contribution in [0.1, 0.15) is 35.3 Å². The van der Waals surface area contributed by atoms with Crippen molar-refractivity contribution in [1.82, 2.24) is 19.9 Å². The van der Waals surface area contributed by atoms with Gasteiger partial charge in [-0.25, -0.2) is 4.98 Å². The van der Waals surface area contributed by atoms with Crippen molar-refractivity contribution in [3.8, 4) is 0 Å². The van der Waals surface area contributed by atoms with E-state index in [0.29, 0.717) is 23.8 Å². The van der Waals surface area contributed by atoms with Crippen molar-refractivity contribution in [3.05, 3.63) is 45.3 Å². The highest BCUT2D eigenvalue weighted by Gasteiger charge is 2.26. The van der Waals surface area contributed by atoms with Crippen LogP contribution in [0.4, 0.5) is 11.6 Å². The second kappa shape index (κ2) is 7.16. The van der Waals surface area contributed by atoms with Gasteiger partial charge < -0.3 is 21.1 Å². The van der Waals surface area contributed by atoms with Crippen LogP contribution >= 0.6 is 11.3 Å². The molecule has 1 unspecified atom stereocenters. The number of anilines is 2. The Kier molecular flexibility index (Phi) is 4.48. The lowest BCUT2D eigenvalue weighted by Gasteiger charge is -2.11. The number of carbonyl (C=O) groups is 1. The molecule has 5 rings (SSSR count). The molecule has 0 aromatic carbocycles. The Labute approximate surface area is 171 Å². The summed E-state index contributed by atoms with van der Waals surface area (Å²) in [7, 11) is 0. The molecule has 1 atom stereocenters. The molecule has 1 saturated heterocycles. The van der Waals surface area contributed by atoms with Gasteiger partial charge in [-0.1, -0.05) is 0 Å². The average molecular weight is 411 g/mol. The van der Waals surface area contributed by atoms with Gasteiger partial charge in [-0.2, -0.15) is 9.61 Å². The molecule has 0 radical (unpaired) electrons. The standard InChI is InChI=1S/C20H22N6O2S/c1-11-4-15(29-10-11)9-21-16-7-17(23-14-2-3-14)26-19(24-16)13(8-22-26)5-12-6-18(27)25-20(12)28/h4-5,7-8,10,14,18,23,27H,2-3,6,9H2,1H3,(H,21,24)(H,25,28)/b12-5+. The Morgan fingerprint density at radius 3 is 2.97 bits per heavy atom. The van der Waals surface area contributed by atoms with E-state index in [1.165, 1.54) is 10.4 Å². The van der Waals surface area contributed by atoms with E-state index in [9.17, 15) is 9.90 Å². The molecule has 4 N–H and O–H groups in total. The van der Waals surface area contributed by atoms with Crippen LogP contribution in [0.5, 0.6) is 0 Å². The summed E-state index contributed by atoms with van der Waals surface area (Å²) in [6, 6.07) is 4.61. The van der Waals surface area contributed by atoms with Gasteiger partial charge in [-0.15, -0.1) is 11.3 Å². The topological polar surface area (TPSA) is 104 Å². The molecular formula is C20H22N6O2S. The van der Waals surface area contributed by atoms with E-state index in [0.717, 1.165) is 30.0 Å². The number of nitrogens with zero attached hydrogens (tertiary/aromatic N) is 3. The Morgan fingerprint density at radius 2 is 2.28 bits per heavy atom. The molecule has 0 bridgehead atoms. The minimum atomic E-state index is -0.831. The highest BCUT2D eigenvalue weighted by molar-refractivity contribution is 7.10. The number of amides is 1. The van der Waals surface area contributed by atoms with Crippen LogP contribution in [-0.2, 0) is 11.3 Å². The van der Waals surface area contributed by atoms with Crippen molar-refractivity contribution in [2.75, 3.05) is 10.6 Å². The molecule has 1 amide bonds. The molecule has 29 heavy (non-hydrogen) atoms. The predicted octanol–water partition coefficient (Wildman–Crippen LogP) is 2.51. The average Bonchev–Trinajstić information content (AvgIpc) is 3.10.